The number of aliphatic carboxylic acids is 1. The summed E-state index contributed by atoms with van der Waals surface area (Å²) in [5.74, 6) is -0.688. The number of amides is 1. The molecule has 0 spiro atoms. The van der Waals surface area contributed by atoms with Gasteiger partial charge in [-0.25, -0.2) is 0 Å². The number of carboxylic acid groups (broad SMARTS) is 1. The number of benzene rings is 2. The fourth-order valence-electron chi connectivity index (χ4n) is 6.37. The van der Waals surface area contributed by atoms with Gasteiger partial charge in [0.05, 0.1) is 11.0 Å². The maximum absolute atomic E-state index is 12.6. The van der Waals surface area contributed by atoms with Gasteiger partial charge in [-0.1, -0.05) is 26.2 Å². The second kappa shape index (κ2) is 14.1. The van der Waals surface area contributed by atoms with E-state index in [1.807, 2.05) is 44.3 Å². The number of carbonyl (C=O) groups excluding carboxylic acids is 1. The van der Waals surface area contributed by atoms with E-state index in [4.69, 9.17) is 16.6 Å². The van der Waals surface area contributed by atoms with Gasteiger partial charge < -0.3 is 35.9 Å². The molecule has 1 aliphatic carbocycles. The fraction of sp³-hybridized carbons (Fsp3) is 0.500. The Hall–Kier alpha value is -3.82. The van der Waals surface area contributed by atoms with E-state index in [0.29, 0.717) is 12.8 Å². The third kappa shape index (κ3) is 7.89. The molecule has 2 aromatic heterocycles. The van der Waals surface area contributed by atoms with E-state index < -0.39 is 16.9 Å². The Balaban J connectivity index is 0.000000174. The average molecular weight is 617 g/mol. The number of carboxylic acids is 1. The minimum atomic E-state index is -0.757. The van der Waals surface area contributed by atoms with E-state index in [9.17, 15) is 9.59 Å². The van der Waals surface area contributed by atoms with E-state index in [1.165, 1.54) is 34.2 Å². The Morgan fingerprint density at radius 3 is 1.89 bits per heavy atom. The van der Waals surface area contributed by atoms with Crippen molar-refractivity contribution in [3.63, 3.8) is 0 Å². The minimum Gasteiger partial charge on any atom is -0.481 e. The van der Waals surface area contributed by atoms with Crippen molar-refractivity contribution in [2.45, 2.75) is 78.2 Å². The predicted octanol–water partition coefficient (Wildman–Crippen LogP) is 6.35. The summed E-state index contributed by atoms with van der Waals surface area (Å²) in [6.07, 6.45) is 6.53. The molecule has 1 saturated heterocycles. The average Bonchev–Trinajstić information content (AvgIpc) is 3.46. The van der Waals surface area contributed by atoms with Gasteiger partial charge in [-0.2, -0.15) is 0 Å². The monoisotopic (exact) mass is 616 g/mol. The molecule has 0 atom stereocenters. The summed E-state index contributed by atoms with van der Waals surface area (Å²) in [6, 6.07) is 16.3. The molecule has 0 bridgehead atoms. The van der Waals surface area contributed by atoms with Crippen LogP contribution in [0.5, 0.6) is 0 Å². The van der Waals surface area contributed by atoms with Gasteiger partial charge in [-0.3, -0.25) is 9.59 Å². The van der Waals surface area contributed by atoms with Gasteiger partial charge >= 0.3 is 5.97 Å². The summed E-state index contributed by atoms with van der Waals surface area (Å²) >= 11 is 0. The molecule has 45 heavy (non-hydrogen) atoms. The highest BCUT2D eigenvalue weighted by molar-refractivity contribution is 5.99. The van der Waals surface area contributed by atoms with Crippen LogP contribution in [0.1, 0.15) is 70.2 Å². The fourth-order valence-corrected chi connectivity index (χ4v) is 6.37. The molecule has 2 aliphatic rings. The number of nitrogens with two attached hydrogens (primary N) is 2. The maximum Gasteiger partial charge on any atom is 0.309 e. The summed E-state index contributed by atoms with van der Waals surface area (Å²) in [4.78, 5) is 25.6. The molecule has 1 saturated carbocycles. The summed E-state index contributed by atoms with van der Waals surface area (Å²) in [5.41, 5.74) is 17.4. The molecule has 9 heteroatoms. The number of likely N-dealkylation sites (tertiary alicyclic amines) is 1. The number of nitrogens with one attached hydrogen (secondary N) is 1. The molecule has 9 nitrogen and oxygen atoms in total. The number of carbonyl (C=O) groups is 2. The summed E-state index contributed by atoms with van der Waals surface area (Å²) in [7, 11) is 4.11. The van der Waals surface area contributed by atoms with Crippen LogP contribution in [0.2, 0.25) is 0 Å². The lowest BCUT2D eigenvalue weighted by Crippen LogP contribution is -2.57. The zero-order valence-corrected chi connectivity index (χ0v) is 27.9. The number of piperidine rings is 1. The van der Waals surface area contributed by atoms with Gasteiger partial charge in [0.2, 0.25) is 5.91 Å². The summed E-state index contributed by atoms with van der Waals surface area (Å²) in [5, 5.41) is 14.2. The quantitative estimate of drug-likeness (QED) is 0.198. The number of aryl methyl sites for hydroxylation is 4. The molecule has 6 rings (SSSR count). The first-order valence-electron chi connectivity index (χ1n) is 16.2. The molecule has 0 radical (unpaired) electrons. The number of hydrogen-bond acceptors (Lipinski definition) is 5. The molecular formula is C36H52N6O3. The molecule has 0 unspecified atom stereocenters. The zero-order chi connectivity index (χ0) is 32.9. The van der Waals surface area contributed by atoms with Gasteiger partial charge in [0.15, 0.2) is 0 Å². The van der Waals surface area contributed by atoms with E-state index in [0.717, 1.165) is 62.1 Å². The molecular weight excluding hydrogens is 564 g/mol. The van der Waals surface area contributed by atoms with Crippen LogP contribution in [0, 0.1) is 19.3 Å². The Kier molecular flexibility index (Phi) is 10.7. The van der Waals surface area contributed by atoms with E-state index in [2.05, 4.69) is 65.4 Å². The highest BCUT2D eigenvalue weighted by Gasteiger charge is 2.37. The van der Waals surface area contributed by atoms with Crippen LogP contribution in [-0.2, 0) is 23.7 Å². The maximum atomic E-state index is 12.6. The van der Waals surface area contributed by atoms with Crippen molar-refractivity contribution < 1.29 is 14.7 Å². The normalized spacial score (nSPS) is 17.6. The SMILES string of the molecule is CC1(C(=O)O)CCCCC1.CCN1CCC(N)(C(=O)Nc2ccc3c(c2)cc(C)n3C)CC1.Cc1cc2cc(N)ccc2n1C. The molecule has 1 amide bonds. The number of hydrogen-bond donors (Lipinski definition) is 4. The Morgan fingerprint density at radius 2 is 1.38 bits per heavy atom. The molecule has 4 aromatic rings. The van der Waals surface area contributed by atoms with Crippen LogP contribution in [-0.4, -0.2) is 56.2 Å². The Morgan fingerprint density at radius 1 is 0.844 bits per heavy atom. The Labute approximate surface area is 267 Å². The summed E-state index contributed by atoms with van der Waals surface area (Å²) < 4.78 is 4.31. The first-order chi connectivity index (χ1) is 21.3. The number of nitrogen functional groups attached to an aromatic ring is 1. The third-order valence-electron chi connectivity index (χ3n) is 9.97. The van der Waals surface area contributed by atoms with Crippen molar-refractivity contribution in [3.8, 4) is 0 Å². The second-order valence-corrected chi connectivity index (χ2v) is 13.3. The van der Waals surface area contributed by atoms with Gasteiger partial charge in [-0.15, -0.1) is 0 Å². The highest BCUT2D eigenvalue weighted by atomic mass is 16.4. The van der Waals surface area contributed by atoms with Crippen LogP contribution in [0.15, 0.2) is 48.5 Å². The van der Waals surface area contributed by atoms with Gasteiger partial charge in [-0.05, 0) is 102 Å². The van der Waals surface area contributed by atoms with Crippen molar-refractivity contribution in [2.24, 2.45) is 25.2 Å². The molecule has 2 fully saturated rings. The van der Waals surface area contributed by atoms with Gasteiger partial charge in [0.25, 0.3) is 0 Å². The van der Waals surface area contributed by atoms with Crippen molar-refractivity contribution in [3.05, 3.63) is 59.9 Å². The van der Waals surface area contributed by atoms with Crippen molar-refractivity contribution in [2.75, 3.05) is 30.7 Å². The van der Waals surface area contributed by atoms with Crippen LogP contribution in [0.3, 0.4) is 0 Å². The molecule has 2 aromatic carbocycles. The zero-order valence-electron chi connectivity index (χ0n) is 27.9. The lowest BCUT2D eigenvalue weighted by Gasteiger charge is -2.37. The number of anilines is 2. The predicted molar refractivity (Wildman–Crippen MR) is 185 cm³/mol. The number of fused-ring (bicyclic) bond motifs is 2. The lowest BCUT2D eigenvalue weighted by molar-refractivity contribution is -0.149. The molecule has 6 N–H and O–H groups in total. The topological polar surface area (TPSA) is 132 Å². The minimum absolute atomic E-state index is 0.0692. The number of aromatic nitrogens is 2. The largest absolute Gasteiger partial charge is 0.481 e. The second-order valence-electron chi connectivity index (χ2n) is 13.3. The Bertz CT molecular complexity index is 1640. The summed E-state index contributed by atoms with van der Waals surface area (Å²) in [6.45, 7) is 11.0. The van der Waals surface area contributed by atoms with E-state index in [1.54, 1.807) is 0 Å². The van der Waals surface area contributed by atoms with Crippen LogP contribution >= 0.6 is 0 Å². The van der Waals surface area contributed by atoms with E-state index >= 15 is 0 Å². The highest BCUT2D eigenvalue weighted by Crippen LogP contribution is 2.35. The standard InChI is InChI=1S/C18H26N4O.C10H12N2.C8H14O2/c1-4-22-9-7-18(19,8-10-22)17(23)20-15-5-6-16-14(12-15)11-13(2)21(16)3;1-7-5-8-6-9(11)3-4-10(8)12(7)2;1-8(7(9)10)5-3-2-4-6-8/h5-6,11-12H,4,7-10,19H2,1-3H3,(H,20,23);3-6H,11H2,1-2H3;2-6H2,1H3,(H,9,10). The first-order valence-corrected chi connectivity index (χ1v) is 16.2. The van der Waals surface area contributed by atoms with Crippen LogP contribution in [0.25, 0.3) is 21.8 Å². The van der Waals surface area contributed by atoms with E-state index in [-0.39, 0.29) is 5.91 Å². The van der Waals surface area contributed by atoms with Crippen LogP contribution in [0.4, 0.5) is 11.4 Å². The smallest absolute Gasteiger partial charge is 0.309 e. The van der Waals surface area contributed by atoms with Gasteiger partial charge in [0.1, 0.15) is 0 Å². The van der Waals surface area contributed by atoms with Crippen molar-refractivity contribution >= 4 is 45.1 Å². The molecule has 3 heterocycles. The lowest BCUT2D eigenvalue weighted by atomic mass is 9.76. The molecule has 244 valence electrons. The van der Waals surface area contributed by atoms with Crippen molar-refractivity contribution in [1.82, 2.24) is 14.0 Å². The van der Waals surface area contributed by atoms with Crippen molar-refractivity contribution in [1.29, 1.82) is 0 Å². The van der Waals surface area contributed by atoms with Crippen LogP contribution < -0.4 is 16.8 Å². The third-order valence-corrected chi connectivity index (χ3v) is 9.97. The number of rotatable bonds is 4. The molecule has 1 aliphatic heterocycles. The first kappa shape index (κ1) is 34.1. The van der Waals surface area contributed by atoms with Gasteiger partial charge in [0, 0.05) is 71.8 Å². The number of nitrogens with zero attached hydrogens (tertiary/aromatic N) is 3.